The first-order valence-electron chi connectivity index (χ1n) is 11.2. The molecule has 0 radical (unpaired) electrons. The molecule has 3 rings (SSSR count). The van der Waals surface area contributed by atoms with Crippen molar-refractivity contribution in [3.8, 4) is 6.07 Å². The number of carbonyl (C=O) groups is 2. The van der Waals surface area contributed by atoms with Gasteiger partial charge in [0, 0.05) is 38.4 Å². The number of hydrogen-bond donors (Lipinski definition) is 0. The summed E-state index contributed by atoms with van der Waals surface area (Å²) in [6, 6.07) is 16.2. The van der Waals surface area contributed by atoms with E-state index in [9.17, 15) is 9.59 Å². The molecule has 0 bridgehead atoms. The van der Waals surface area contributed by atoms with E-state index in [-0.39, 0.29) is 11.8 Å². The van der Waals surface area contributed by atoms with Gasteiger partial charge >= 0.3 is 0 Å². The number of amides is 2. The first-order chi connectivity index (χ1) is 15.4. The van der Waals surface area contributed by atoms with Gasteiger partial charge in [0.25, 0.3) is 0 Å². The quantitative estimate of drug-likeness (QED) is 0.674. The zero-order chi connectivity index (χ0) is 23.1. The Kier molecular flexibility index (Phi) is 8.02. The Morgan fingerprint density at radius 2 is 1.66 bits per heavy atom. The Labute approximate surface area is 191 Å². The predicted molar refractivity (Wildman–Crippen MR) is 126 cm³/mol. The van der Waals surface area contributed by atoms with E-state index in [1.807, 2.05) is 68.1 Å². The first-order valence-corrected chi connectivity index (χ1v) is 11.2. The number of carbonyl (C=O) groups excluding carboxylic acids is 2. The second-order valence-corrected chi connectivity index (χ2v) is 8.54. The molecule has 0 spiro atoms. The topological polar surface area (TPSA) is 67.7 Å². The minimum absolute atomic E-state index is 0.0112. The average Bonchev–Trinajstić information content (AvgIpc) is 2.78. The van der Waals surface area contributed by atoms with Gasteiger partial charge < -0.3 is 9.80 Å². The lowest BCUT2D eigenvalue weighted by Crippen LogP contribution is -2.52. The third-order valence-electron chi connectivity index (χ3n) is 6.11. The van der Waals surface area contributed by atoms with Crippen molar-refractivity contribution in [1.82, 2.24) is 9.80 Å². The molecule has 2 aromatic carbocycles. The number of nitriles is 1. The summed E-state index contributed by atoms with van der Waals surface area (Å²) >= 11 is 0. The van der Waals surface area contributed by atoms with Gasteiger partial charge in [-0.05, 0) is 49.6 Å². The van der Waals surface area contributed by atoms with Crippen molar-refractivity contribution in [1.29, 1.82) is 5.26 Å². The number of anilines is 1. The van der Waals surface area contributed by atoms with E-state index in [1.165, 1.54) is 11.1 Å². The Balaban J connectivity index is 1.55. The summed E-state index contributed by atoms with van der Waals surface area (Å²) in [6.07, 6.45) is 0.702. The van der Waals surface area contributed by atoms with Gasteiger partial charge in [0.1, 0.15) is 0 Å². The van der Waals surface area contributed by atoms with Gasteiger partial charge in [-0.3, -0.25) is 14.5 Å². The Morgan fingerprint density at radius 3 is 2.28 bits per heavy atom. The number of piperazine rings is 1. The minimum Gasteiger partial charge on any atom is -0.340 e. The summed E-state index contributed by atoms with van der Waals surface area (Å²) in [5, 5.41) is 9.03. The molecule has 0 aliphatic carbocycles. The molecule has 2 aromatic rings. The van der Waals surface area contributed by atoms with E-state index >= 15 is 0 Å². The maximum absolute atomic E-state index is 13.1. The maximum Gasteiger partial charge on any atom is 0.241 e. The molecular weight excluding hydrogens is 400 g/mol. The lowest BCUT2D eigenvalue weighted by molar-refractivity contribution is -0.132. The molecule has 0 N–H and O–H groups in total. The van der Waals surface area contributed by atoms with Gasteiger partial charge in [0.2, 0.25) is 11.8 Å². The van der Waals surface area contributed by atoms with E-state index in [4.69, 9.17) is 5.26 Å². The van der Waals surface area contributed by atoms with Crippen molar-refractivity contribution in [2.75, 3.05) is 44.2 Å². The van der Waals surface area contributed by atoms with Crippen LogP contribution in [0.3, 0.4) is 0 Å². The van der Waals surface area contributed by atoms with Crippen LogP contribution in [0, 0.1) is 32.1 Å². The van der Waals surface area contributed by atoms with Gasteiger partial charge in [0.15, 0.2) is 0 Å². The highest BCUT2D eigenvalue weighted by atomic mass is 16.2. The van der Waals surface area contributed by atoms with Gasteiger partial charge in [-0.25, -0.2) is 0 Å². The Bertz CT molecular complexity index is 986. The molecule has 6 nitrogen and oxygen atoms in total. The highest BCUT2D eigenvalue weighted by Gasteiger charge is 2.25. The van der Waals surface area contributed by atoms with Crippen molar-refractivity contribution in [2.45, 2.75) is 33.6 Å². The predicted octanol–water partition coefficient (Wildman–Crippen LogP) is 3.25. The van der Waals surface area contributed by atoms with Crippen molar-refractivity contribution < 1.29 is 9.59 Å². The van der Waals surface area contributed by atoms with E-state index in [0.29, 0.717) is 52.1 Å². The van der Waals surface area contributed by atoms with Crippen LogP contribution in [0.4, 0.5) is 5.69 Å². The SMILES string of the molecule is Cc1ccc(CC(=O)N2CCN(CC(=O)N(CCC#N)c3ccc(C)c(C)c3)CC2)cc1. The molecule has 0 aromatic heterocycles. The van der Waals surface area contributed by atoms with Crippen LogP contribution < -0.4 is 4.90 Å². The maximum atomic E-state index is 13.1. The van der Waals surface area contributed by atoms with Crippen LogP contribution in [-0.4, -0.2) is 60.9 Å². The third-order valence-corrected chi connectivity index (χ3v) is 6.11. The van der Waals surface area contributed by atoms with Crippen LogP contribution in [0.5, 0.6) is 0 Å². The fourth-order valence-corrected chi connectivity index (χ4v) is 3.88. The number of rotatable bonds is 7. The largest absolute Gasteiger partial charge is 0.340 e. The lowest BCUT2D eigenvalue weighted by Gasteiger charge is -2.35. The monoisotopic (exact) mass is 432 g/mol. The van der Waals surface area contributed by atoms with Crippen LogP contribution in [-0.2, 0) is 16.0 Å². The van der Waals surface area contributed by atoms with Crippen LogP contribution in [0.1, 0.15) is 28.7 Å². The highest BCUT2D eigenvalue weighted by molar-refractivity contribution is 5.95. The van der Waals surface area contributed by atoms with Crippen molar-refractivity contribution >= 4 is 17.5 Å². The lowest BCUT2D eigenvalue weighted by atomic mass is 10.1. The van der Waals surface area contributed by atoms with Gasteiger partial charge in [-0.15, -0.1) is 0 Å². The zero-order valence-corrected chi connectivity index (χ0v) is 19.3. The standard InChI is InChI=1S/C26H32N4O2/c1-20-5-8-23(9-6-20)18-25(31)29-15-13-28(14-16-29)19-26(32)30(12-4-11-27)24-10-7-21(2)22(3)17-24/h5-10,17H,4,12-16,18-19H2,1-3H3. The summed E-state index contributed by atoms with van der Waals surface area (Å²) in [7, 11) is 0. The van der Waals surface area contributed by atoms with Crippen molar-refractivity contribution in [3.05, 3.63) is 64.7 Å². The van der Waals surface area contributed by atoms with Crippen LogP contribution in [0.25, 0.3) is 0 Å². The van der Waals surface area contributed by atoms with Gasteiger partial charge in [-0.2, -0.15) is 5.26 Å². The van der Waals surface area contributed by atoms with Crippen molar-refractivity contribution in [3.63, 3.8) is 0 Å². The Morgan fingerprint density at radius 1 is 0.969 bits per heavy atom. The molecule has 1 fully saturated rings. The molecule has 1 heterocycles. The minimum atomic E-state index is -0.0112. The summed E-state index contributed by atoms with van der Waals surface area (Å²) in [5.74, 6) is 0.119. The van der Waals surface area contributed by atoms with E-state index in [1.54, 1.807) is 4.90 Å². The normalized spacial score (nSPS) is 14.1. The molecule has 1 aliphatic rings. The van der Waals surface area contributed by atoms with Crippen molar-refractivity contribution in [2.24, 2.45) is 0 Å². The number of nitrogens with zero attached hydrogens (tertiary/aromatic N) is 4. The zero-order valence-electron chi connectivity index (χ0n) is 19.3. The van der Waals surface area contributed by atoms with Crippen LogP contribution in [0.2, 0.25) is 0 Å². The van der Waals surface area contributed by atoms with E-state index < -0.39 is 0 Å². The summed E-state index contributed by atoms with van der Waals surface area (Å²) in [5.41, 5.74) is 5.34. The molecule has 0 saturated carbocycles. The van der Waals surface area contributed by atoms with E-state index in [2.05, 4.69) is 11.0 Å². The average molecular weight is 433 g/mol. The van der Waals surface area contributed by atoms with Crippen LogP contribution in [0.15, 0.2) is 42.5 Å². The number of benzene rings is 2. The highest BCUT2D eigenvalue weighted by Crippen LogP contribution is 2.20. The fourth-order valence-electron chi connectivity index (χ4n) is 3.88. The summed E-state index contributed by atoms with van der Waals surface area (Å²) < 4.78 is 0. The molecule has 0 unspecified atom stereocenters. The van der Waals surface area contributed by atoms with E-state index in [0.717, 1.165) is 16.8 Å². The second-order valence-electron chi connectivity index (χ2n) is 8.54. The number of hydrogen-bond acceptors (Lipinski definition) is 4. The molecule has 2 amide bonds. The Hall–Kier alpha value is -3.17. The molecule has 6 heteroatoms. The molecular formula is C26H32N4O2. The van der Waals surface area contributed by atoms with Gasteiger partial charge in [-0.1, -0.05) is 35.9 Å². The van der Waals surface area contributed by atoms with Crippen LogP contribution >= 0.6 is 0 Å². The van der Waals surface area contributed by atoms with Gasteiger partial charge in [0.05, 0.1) is 25.5 Å². The molecule has 32 heavy (non-hydrogen) atoms. The second kappa shape index (κ2) is 10.9. The molecule has 168 valence electrons. The summed E-state index contributed by atoms with van der Waals surface area (Å²) in [6.45, 7) is 9.37. The first kappa shape index (κ1) is 23.5. The summed E-state index contributed by atoms with van der Waals surface area (Å²) in [4.78, 5) is 31.4. The fraction of sp³-hybridized carbons (Fsp3) is 0.423. The third kappa shape index (κ3) is 6.18. The molecule has 0 atom stereocenters. The smallest absolute Gasteiger partial charge is 0.241 e. The molecule has 1 saturated heterocycles. The number of aryl methyl sites for hydroxylation is 3. The molecule has 1 aliphatic heterocycles.